The van der Waals surface area contributed by atoms with Crippen molar-refractivity contribution in [2.24, 2.45) is 0 Å². The Labute approximate surface area is 173 Å². The van der Waals surface area contributed by atoms with Crippen LogP contribution in [0.3, 0.4) is 0 Å². The number of ether oxygens (including phenoxy) is 1. The summed E-state index contributed by atoms with van der Waals surface area (Å²) in [6.07, 6.45) is 0. The Hall–Kier alpha value is -1.99. The lowest BCUT2D eigenvalue weighted by Crippen LogP contribution is -2.53. The van der Waals surface area contributed by atoms with Gasteiger partial charge in [0.1, 0.15) is 5.75 Å². The lowest BCUT2D eigenvalue weighted by molar-refractivity contribution is -0.0149. The van der Waals surface area contributed by atoms with Crippen LogP contribution >= 0.6 is 28.6 Å². The maximum atomic E-state index is 13.1. The number of rotatable bonds is 5. The summed E-state index contributed by atoms with van der Waals surface area (Å²) in [7, 11) is 1.56. The van der Waals surface area contributed by atoms with Crippen LogP contribution < -0.4 is 4.74 Å². The van der Waals surface area contributed by atoms with Gasteiger partial charge in [-0.1, -0.05) is 0 Å². The summed E-state index contributed by atoms with van der Waals surface area (Å²) in [5, 5.41) is 2.96. The molecule has 0 N–H and O–H groups in total. The number of nitrogens with zero attached hydrogens (tertiary/aromatic N) is 2. The molecule has 0 saturated heterocycles. The molecule has 27 heavy (non-hydrogen) atoms. The highest BCUT2D eigenvalue weighted by molar-refractivity contribution is 9.10. The number of hydrazine groups is 1. The van der Waals surface area contributed by atoms with Gasteiger partial charge < -0.3 is 4.74 Å². The van der Waals surface area contributed by atoms with Crippen LogP contribution in [-0.4, -0.2) is 41.5 Å². The second kappa shape index (κ2) is 9.28. The fourth-order valence-electron chi connectivity index (χ4n) is 2.70. The molecule has 2 aromatic carbocycles. The Bertz CT molecular complexity index is 824. The molecule has 0 atom stereocenters. The number of methoxy groups -OCH3 is 1. The number of carbonyl (C=O) groups is 2. The van der Waals surface area contributed by atoms with Gasteiger partial charge in [-0.05, 0) is 79.2 Å². The van der Waals surface area contributed by atoms with Crippen LogP contribution in [0.5, 0.6) is 5.75 Å². The summed E-state index contributed by atoms with van der Waals surface area (Å²) in [5.41, 5.74) is 0.970. The van der Waals surface area contributed by atoms with Gasteiger partial charge in [-0.25, -0.2) is 10.0 Å². The highest BCUT2D eigenvalue weighted by Gasteiger charge is 2.29. The summed E-state index contributed by atoms with van der Waals surface area (Å²) in [5.74, 6) is 0.146. The summed E-state index contributed by atoms with van der Waals surface area (Å²) < 4.78 is 5.89. The molecule has 0 aromatic heterocycles. The van der Waals surface area contributed by atoms with Crippen molar-refractivity contribution < 1.29 is 14.3 Å². The average molecular weight is 451 g/mol. The fraction of sp³-hybridized carbons (Fsp3) is 0.300. The first-order valence-electron chi connectivity index (χ1n) is 8.58. The molecule has 2 amide bonds. The number of benzene rings is 2. The summed E-state index contributed by atoms with van der Waals surface area (Å²) >= 11 is 7.66. The molecule has 2 rings (SSSR count). The maximum absolute atomic E-state index is 13.1. The third kappa shape index (κ3) is 4.84. The van der Waals surface area contributed by atoms with Crippen LogP contribution in [0.4, 0.5) is 0 Å². The zero-order chi connectivity index (χ0) is 20.1. The number of amides is 2. The van der Waals surface area contributed by atoms with Crippen molar-refractivity contribution in [3.8, 4) is 5.75 Å². The lowest BCUT2D eigenvalue weighted by atomic mass is 10.1. The molecule has 0 spiro atoms. The van der Waals surface area contributed by atoms with E-state index in [9.17, 15) is 9.59 Å². The zero-order valence-corrected chi connectivity index (χ0v) is 18.3. The van der Waals surface area contributed by atoms with E-state index in [1.54, 1.807) is 49.6 Å². The first-order chi connectivity index (χ1) is 12.8. The van der Waals surface area contributed by atoms with E-state index in [4.69, 9.17) is 4.74 Å². The molecule has 2 aromatic rings. The van der Waals surface area contributed by atoms with Crippen molar-refractivity contribution >= 4 is 40.4 Å². The van der Waals surface area contributed by atoms with E-state index in [0.29, 0.717) is 27.9 Å². The van der Waals surface area contributed by atoms with Gasteiger partial charge in [0.15, 0.2) is 0 Å². The average Bonchev–Trinajstić information content (AvgIpc) is 2.65. The van der Waals surface area contributed by atoms with Gasteiger partial charge in [-0.3, -0.25) is 9.59 Å². The summed E-state index contributed by atoms with van der Waals surface area (Å²) in [6.45, 7) is 5.96. The van der Waals surface area contributed by atoms with E-state index < -0.39 is 0 Å². The molecular formula is C20H23BrN2O3S. The van der Waals surface area contributed by atoms with Gasteiger partial charge in [0.2, 0.25) is 0 Å². The van der Waals surface area contributed by atoms with E-state index in [2.05, 4.69) is 28.6 Å². The first-order valence-corrected chi connectivity index (χ1v) is 9.82. The standard InChI is InChI=1S/C20H23BrN2O3S/c1-5-22(19(24)15-8-11-18(26-4)17(21)12-15)23(13(2)3)20(25)14-6-9-16(27)10-7-14/h6-13,27H,5H2,1-4H3. The molecule has 0 heterocycles. The van der Waals surface area contributed by atoms with Crippen LogP contribution in [0, 0.1) is 0 Å². The van der Waals surface area contributed by atoms with Crippen molar-refractivity contribution in [1.82, 2.24) is 10.0 Å². The van der Waals surface area contributed by atoms with Crippen molar-refractivity contribution in [2.45, 2.75) is 31.7 Å². The smallest absolute Gasteiger partial charge is 0.272 e. The molecule has 0 radical (unpaired) electrons. The lowest BCUT2D eigenvalue weighted by Gasteiger charge is -2.37. The molecule has 144 valence electrons. The second-order valence-electron chi connectivity index (χ2n) is 6.16. The van der Waals surface area contributed by atoms with Crippen molar-refractivity contribution in [1.29, 1.82) is 0 Å². The molecule has 7 heteroatoms. The van der Waals surface area contributed by atoms with E-state index >= 15 is 0 Å². The molecule has 0 aliphatic carbocycles. The fourth-order valence-corrected chi connectivity index (χ4v) is 3.39. The highest BCUT2D eigenvalue weighted by atomic mass is 79.9. The maximum Gasteiger partial charge on any atom is 0.272 e. The molecule has 5 nitrogen and oxygen atoms in total. The minimum Gasteiger partial charge on any atom is -0.496 e. The quantitative estimate of drug-likeness (QED) is 0.531. The molecule has 0 saturated carbocycles. The third-order valence-corrected chi connectivity index (χ3v) is 4.92. The number of halogens is 1. The SMILES string of the molecule is CCN(C(=O)c1ccc(OC)c(Br)c1)N(C(=O)c1ccc(S)cc1)C(C)C. The molecule has 0 aliphatic rings. The monoisotopic (exact) mass is 450 g/mol. The molecule has 0 aliphatic heterocycles. The zero-order valence-electron chi connectivity index (χ0n) is 15.8. The van der Waals surface area contributed by atoms with Gasteiger partial charge in [0, 0.05) is 28.6 Å². The van der Waals surface area contributed by atoms with Crippen molar-refractivity contribution in [3.63, 3.8) is 0 Å². The van der Waals surface area contributed by atoms with E-state index in [0.717, 1.165) is 4.90 Å². The molecule has 0 unspecified atom stereocenters. The predicted molar refractivity (Wildman–Crippen MR) is 112 cm³/mol. The van der Waals surface area contributed by atoms with Gasteiger partial charge in [0.05, 0.1) is 11.6 Å². The van der Waals surface area contributed by atoms with Crippen molar-refractivity contribution in [2.75, 3.05) is 13.7 Å². The Morgan fingerprint density at radius 3 is 2.15 bits per heavy atom. The summed E-state index contributed by atoms with van der Waals surface area (Å²) in [4.78, 5) is 27.0. The third-order valence-electron chi connectivity index (χ3n) is 4.00. The van der Waals surface area contributed by atoms with E-state index in [-0.39, 0.29) is 17.9 Å². The normalized spacial score (nSPS) is 10.6. The largest absolute Gasteiger partial charge is 0.496 e. The van der Waals surface area contributed by atoms with Gasteiger partial charge in [-0.2, -0.15) is 0 Å². The van der Waals surface area contributed by atoms with Crippen molar-refractivity contribution in [3.05, 3.63) is 58.1 Å². The number of carbonyl (C=O) groups excluding carboxylic acids is 2. The van der Waals surface area contributed by atoms with Gasteiger partial charge in [0.25, 0.3) is 11.8 Å². The Balaban J connectivity index is 2.38. The Morgan fingerprint density at radius 2 is 1.67 bits per heavy atom. The minimum atomic E-state index is -0.256. The van der Waals surface area contributed by atoms with Crippen LogP contribution in [-0.2, 0) is 0 Å². The van der Waals surface area contributed by atoms with Crippen LogP contribution in [0.25, 0.3) is 0 Å². The predicted octanol–water partition coefficient (Wildman–Crippen LogP) is 4.67. The number of hydrogen-bond acceptors (Lipinski definition) is 4. The Kier molecular flexibility index (Phi) is 7.33. The summed E-state index contributed by atoms with van der Waals surface area (Å²) in [6, 6.07) is 11.8. The van der Waals surface area contributed by atoms with Gasteiger partial charge >= 0.3 is 0 Å². The topological polar surface area (TPSA) is 49.9 Å². The highest BCUT2D eigenvalue weighted by Crippen LogP contribution is 2.26. The van der Waals surface area contributed by atoms with E-state index in [1.165, 1.54) is 10.0 Å². The van der Waals surface area contributed by atoms with Gasteiger partial charge in [-0.15, -0.1) is 12.6 Å². The van der Waals surface area contributed by atoms with Crippen LogP contribution in [0.2, 0.25) is 0 Å². The molecular weight excluding hydrogens is 428 g/mol. The Morgan fingerprint density at radius 1 is 1.07 bits per heavy atom. The second-order valence-corrected chi connectivity index (χ2v) is 7.53. The van der Waals surface area contributed by atoms with Crippen LogP contribution in [0.1, 0.15) is 41.5 Å². The first kappa shape index (κ1) is 21.3. The number of hydrogen-bond donors (Lipinski definition) is 1. The van der Waals surface area contributed by atoms with Crippen LogP contribution in [0.15, 0.2) is 51.8 Å². The molecule has 0 fully saturated rings. The number of thiol groups is 1. The molecule has 0 bridgehead atoms. The minimum absolute atomic E-state index is 0.196. The van der Waals surface area contributed by atoms with E-state index in [1.807, 2.05) is 20.8 Å².